The zero-order chi connectivity index (χ0) is 14.0. The van der Waals surface area contributed by atoms with E-state index in [0.29, 0.717) is 16.4 Å². The van der Waals surface area contributed by atoms with Crippen molar-refractivity contribution >= 4 is 17.6 Å². The van der Waals surface area contributed by atoms with Crippen LogP contribution in [-0.4, -0.2) is 31.3 Å². The summed E-state index contributed by atoms with van der Waals surface area (Å²) in [6.07, 6.45) is 0. The first kappa shape index (κ1) is 13.5. The molecule has 1 unspecified atom stereocenters. The van der Waals surface area contributed by atoms with E-state index in [1.807, 2.05) is 25.1 Å². The SMILES string of the molecule is Cc1cccc(-c2nnnn2CC(C)C(=O)O)c1Cl. The summed E-state index contributed by atoms with van der Waals surface area (Å²) in [6.45, 7) is 3.69. The number of carboxylic acid groups (broad SMARTS) is 1. The van der Waals surface area contributed by atoms with E-state index < -0.39 is 11.9 Å². The molecule has 1 N–H and O–H groups in total. The lowest BCUT2D eigenvalue weighted by atomic mass is 10.1. The van der Waals surface area contributed by atoms with Gasteiger partial charge in [-0.15, -0.1) is 5.10 Å². The third kappa shape index (κ3) is 2.73. The summed E-state index contributed by atoms with van der Waals surface area (Å²) in [5.41, 5.74) is 1.62. The van der Waals surface area contributed by atoms with Gasteiger partial charge in [-0.05, 0) is 29.0 Å². The first-order valence-corrected chi connectivity index (χ1v) is 6.13. The number of halogens is 1. The molecule has 0 aliphatic heterocycles. The number of nitrogens with zero attached hydrogens (tertiary/aromatic N) is 4. The van der Waals surface area contributed by atoms with E-state index in [-0.39, 0.29) is 6.54 Å². The van der Waals surface area contributed by atoms with Crippen LogP contribution in [0.2, 0.25) is 5.02 Å². The van der Waals surface area contributed by atoms with Crippen LogP contribution < -0.4 is 0 Å². The number of rotatable bonds is 4. The third-order valence-electron chi connectivity index (χ3n) is 2.83. The monoisotopic (exact) mass is 280 g/mol. The topological polar surface area (TPSA) is 80.9 Å². The first-order chi connectivity index (χ1) is 9.00. The Kier molecular flexibility index (Phi) is 3.80. The fourth-order valence-electron chi connectivity index (χ4n) is 1.68. The van der Waals surface area contributed by atoms with Crippen LogP contribution in [0.4, 0.5) is 0 Å². The van der Waals surface area contributed by atoms with Gasteiger partial charge in [-0.1, -0.05) is 30.7 Å². The van der Waals surface area contributed by atoms with Crippen molar-refractivity contribution in [3.63, 3.8) is 0 Å². The lowest BCUT2D eigenvalue weighted by molar-refractivity contribution is -0.141. The maximum atomic E-state index is 10.9. The minimum absolute atomic E-state index is 0.196. The van der Waals surface area contributed by atoms with E-state index in [0.717, 1.165) is 5.56 Å². The second-order valence-electron chi connectivity index (χ2n) is 4.36. The number of carbonyl (C=O) groups is 1. The fourth-order valence-corrected chi connectivity index (χ4v) is 1.89. The predicted octanol–water partition coefficient (Wildman–Crippen LogP) is 2.02. The highest BCUT2D eigenvalue weighted by molar-refractivity contribution is 6.33. The van der Waals surface area contributed by atoms with E-state index in [2.05, 4.69) is 15.5 Å². The van der Waals surface area contributed by atoms with E-state index in [4.69, 9.17) is 16.7 Å². The number of tetrazole rings is 1. The van der Waals surface area contributed by atoms with E-state index in [1.54, 1.807) is 6.92 Å². The van der Waals surface area contributed by atoms with E-state index >= 15 is 0 Å². The lowest BCUT2D eigenvalue weighted by Crippen LogP contribution is -2.18. The van der Waals surface area contributed by atoms with Crippen molar-refractivity contribution in [3.8, 4) is 11.4 Å². The van der Waals surface area contributed by atoms with Crippen molar-refractivity contribution in [2.75, 3.05) is 0 Å². The molecule has 2 rings (SSSR count). The molecule has 0 radical (unpaired) electrons. The number of hydrogen-bond donors (Lipinski definition) is 1. The van der Waals surface area contributed by atoms with Crippen LogP contribution in [0.5, 0.6) is 0 Å². The summed E-state index contributed by atoms with van der Waals surface area (Å²) >= 11 is 6.23. The van der Waals surface area contributed by atoms with Gasteiger partial charge in [-0.3, -0.25) is 4.79 Å². The molecule has 19 heavy (non-hydrogen) atoms. The highest BCUT2D eigenvalue weighted by Gasteiger charge is 2.18. The Bertz CT molecular complexity index is 612. The van der Waals surface area contributed by atoms with Crippen LogP contribution in [0, 0.1) is 12.8 Å². The maximum Gasteiger partial charge on any atom is 0.308 e. The maximum absolute atomic E-state index is 10.9. The van der Waals surface area contributed by atoms with Gasteiger partial charge in [-0.2, -0.15) is 0 Å². The summed E-state index contributed by atoms with van der Waals surface area (Å²) in [6, 6.07) is 5.55. The highest BCUT2D eigenvalue weighted by atomic mass is 35.5. The number of carboxylic acids is 1. The van der Waals surface area contributed by atoms with Crippen LogP contribution in [0.1, 0.15) is 12.5 Å². The third-order valence-corrected chi connectivity index (χ3v) is 3.33. The number of benzene rings is 1. The van der Waals surface area contributed by atoms with E-state index in [9.17, 15) is 4.79 Å². The number of aromatic nitrogens is 4. The average Bonchev–Trinajstić information content (AvgIpc) is 2.80. The smallest absolute Gasteiger partial charge is 0.308 e. The van der Waals surface area contributed by atoms with Gasteiger partial charge < -0.3 is 5.11 Å². The van der Waals surface area contributed by atoms with Crippen molar-refractivity contribution in [1.82, 2.24) is 20.2 Å². The molecule has 7 heteroatoms. The summed E-state index contributed by atoms with van der Waals surface area (Å²) in [4.78, 5) is 10.9. The summed E-state index contributed by atoms with van der Waals surface area (Å²) in [7, 11) is 0. The molecule has 2 aromatic rings. The van der Waals surface area contributed by atoms with Gasteiger partial charge in [0.05, 0.1) is 17.5 Å². The largest absolute Gasteiger partial charge is 0.481 e. The molecule has 0 aliphatic rings. The first-order valence-electron chi connectivity index (χ1n) is 5.75. The Morgan fingerprint density at radius 1 is 1.53 bits per heavy atom. The molecule has 100 valence electrons. The minimum atomic E-state index is -0.892. The molecular weight excluding hydrogens is 268 g/mol. The van der Waals surface area contributed by atoms with Crippen LogP contribution in [0.15, 0.2) is 18.2 Å². The van der Waals surface area contributed by atoms with Gasteiger partial charge in [0.1, 0.15) is 0 Å². The van der Waals surface area contributed by atoms with E-state index in [1.165, 1.54) is 4.68 Å². The zero-order valence-corrected chi connectivity index (χ0v) is 11.3. The molecule has 0 fully saturated rings. The van der Waals surface area contributed by atoms with Gasteiger partial charge in [0.2, 0.25) is 0 Å². The van der Waals surface area contributed by atoms with Crippen LogP contribution >= 0.6 is 11.6 Å². The van der Waals surface area contributed by atoms with Crippen molar-refractivity contribution in [3.05, 3.63) is 28.8 Å². The fraction of sp³-hybridized carbons (Fsp3) is 0.333. The predicted molar refractivity (Wildman–Crippen MR) is 69.8 cm³/mol. The summed E-state index contributed by atoms with van der Waals surface area (Å²) in [5, 5.41) is 20.8. The molecule has 6 nitrogen and oxygen atoms in total. The Labute approximate surface area is 115 Å². The quantitative estimate of drug-likeness (QED) is 0.927. The van der Waals surface area contributed by atoms with Gasteiger partial charge in [0, 0.05) is 5.56 Å². The molecule has 1 aromatic carbocycles. The van der Waals surface area contributed by atoms with Crippen LogP contribution in [0.25, 0.3) is 11.4 Å². The van der Waals surface area contributed by atoms with Crippen LogP contribution in [-0.2, 0) is 11.3 Å². The van der Waals surface area contributed by atoms with Gasteiger partial charge >= 0.3 is 5.97 Å². The lowest BCUT2D eigenvalue weighted by Gasteiger charge is -2.09. The molecule has 0 spiro atoms. The van der Waals surface area contributed by atoms with Gasteiger partial charge in [0.15, 0.2) is 5.82 Å². The van der Waals surface area contributed by atoms with Crippen molar-refractivity contribution < 1.29 is 9.90 Å². The van der Waals surface area contributed by atoms with Gasteiger partial charge in [-0.25, -0.2) is 4.68 Å². The highest BCUT2D eigenvalue weighted by Crippen LogP contribution is 2.28. The number of hydrogen-bond acceptors (Lipinski definition) is 4. The zero-order valence-electron chi connectivity index (χ0n) is 10.5. The van der Waals surface area contributed by atoms with Gasteiger partial charge in [0.25, 0.3) is 0 Å². The Morgan fingerprint density at radius 2 is 2.26 bits per heavy atom. The Morgan fingerprint density at radius 3 is 2.95 bits per heavy atom. The van der Waals surface area contributed by atoms with Crippen LogP contribution in [0.3, 0.4) is 0 Å². The Balaban J connectivity index is 2.39. The average molecular weight is 281 g/mol. The molecule has 1 aromatic heterocycles. The molecule has 0 aliphatic carbocycles. The standard InChI is InChI=1S/C12H13ClN4O2/c1-7-4-3-5-9(10(7)13)11-14-15-16-17(11)6-8(2)12(18)19/h3-5,8H,6H2,1-2H3,(H,18,19). The minimum Gasteiger partial charge on any atom is -0.481 e. The molecule has 1 heterocycles. The molecule has 0 saturated heterocycles. The summed E-state index contributed by atoms with van der Waals surface area (Å²) in [5.74, 6) is -0.996. The summed E-state index contributed by atoms with van der Waals surface area (Å²) < 4.78 is 1.46. The second-order valence-corrected chi connectivity index (χ2v) is 4.74. The number of aryl methyl sites for hydroxylation is 1. The van der Waals surface area contributed by atoms with Crippen molar-refractivity contribution in [2.24, 2.45) is 5.92 Å². The molecule has 0 amide bonds. The normalized spacial score (nSPS) is 12.4. The van der Waals surface area contributed by atoms with Crippen molar-refractivity contribution in [2.45, 2.75) is 20.4 Å². The molecule has 0 saturated carbocycles. The molecular formula is C12H13ClN4O2. The number of aliphatic carboxylic acids is 1. The second kappa shape index (κ2) is 5.36. The molecule has 1 atom stereocenters. The Hall–Kier alpha value is -1.95. The van der Waals surface area contributed by atoms with Crippen molar-refractivity contribution in [1.29, 1.82) is 0 Å². The molecule has 0 bridgehead atoms.